The molecule has 1 fully saturated rings. The Bertz CT molecular complexity index is 1220. The van der Waals surface area contributed by atoms with Crippen LogP contribution in [0.25, 0.3) is 11.3 Å². The summed E-state index contributed by atoms with van der Waals surface area (Å²) in [5.74, 6) is 0. The van der Waals surface area contributed by atoms with Crippen molar-refractivity contribution >= 4 is 0 Å². The lowest BCUT2D eigenvalue weighted by atomic mass is 10.0. The number of aliphatic hydroxyl groups excluding tert-OH is 2. The highest BCUT2D eigenvalue weighted by molar-refractivity contribution is 5.54. The van der Waals surface area contributed by atoms with Crippen molar-refractivity contribution < 1.29 is 14.9 Å². The minimum atomic E-state index is -0.902. The van der Waals surface area contributed by atoms with Crippen LogP contribution in [0.5, 0.6) is 0 Å². The average molecular weight is 484 g/mol. The second-order valence-electron chi connectivity index (χ2n) is 9.11. The summed E-state index contributed by atoms with van der Waals surface area (Å²) in [6, 6.07) is 8.44. The predicted molar refractivity (Wildman–Crippen MR) is 130 cm³/mol. The maximum absolute atomic E-state index is 12.5. The first kappa shape index (κ1) is 25.0. The van der Waals surface area contributed by atoms with E-state index in [1.165, 1.54) is 48.4 Å². The Morgan fingerprint density at radius 1 is 1.09 bits per heavy atom. The molecule has 0 saturated carbocycles. The summed E-state index contributed by atoms with van der Waals surface area (Å²) >= 11 is 0. The van der Waals surface area contributed by atoms with Crippen molar-refractivity contribution in [2.45, 2.75) is 76.9 Å². The van der Waals surface area contributed by atoms with Gasteiger partial charge in [-0.3, -0.25) is 14.3 Å². The molecule has 1 aromatic carbocycles. The highest BCUT2D eigenvalue weighted by Gasteiger charge is 2.35. The van der Waals surface area contributed by atoms with E-state index in [2.05, 4.69) is 46.5 Å². The monoisotopic (exact) mass is 483 g/mol. The van der Waals surface area contributed by atoms with E-state index < -0.39 is 29.7 Å². The average Bonchev–Trinajstić information content (AvgIpc) is 3.46. The first-order valence-electron chi connectivity index (χ1n) is 12.3. The third-order valence-electron chi connectivity index (χ3n) is 6.41. The van der Waals surface area contributed by atoms with Gasteiger partial charge in [-0.05, 0) is 24.0 Å². The molecule has 4 rings (SSSR count). The summed E-state index contributed by atoms with van der Waals surface area (Å²) in [5.41, 5.74) is 1.63. The molecule has 0 bridgehead atoms. The molecule has 35 heavy (non-hydrogen) atoms. The zero-order valence-corrected chi connectivity index (χ0v) is 20.0. The lowest BCUT2D eigenvalue weighted by molar-refractivity contribution is -0.0458. The molecule has 188 valence electrons. The molecule has 1 aliphatic rings. The maximum atomic E-state index is 12.5. The number of nitrogens with one attached hydrogen (secondary N) is 1. The first-order chi connectivity index (χ1) is 17.0. The number of rotatable bonds is 11. The lowest BCUT2D eigenvalue weighted by Crippen LogP contribution is -2.33. The van der Waals surface area contributed by atoms with Crippen LogP contribution in [0.4, 0.5) is 0 Å². The quantitative estimate of drug-likeness (QED) is 0.355. The Morgan fingerprint density at radius 2 is 1.83 bits per heavy atom. The van der Waals surface area contributed by atoms with Crippen LogP contribution in [0, 0.1) is 0 Å². The number of nitrogens with zero attached hydrogens (tertiary/aromatic N) is 4. The predicted octanol–water partition coefficient (Wildman–Crippen LogP) is 2.00. The van der Waals surface area contributed by atoms with Crippen molar-refractivity contribution in [1.29, 1.82) is 0 Å². The molecule has 0 amide bonds. The van der Waals surface area contributed by atoms with Gasteiger partial charge in [0.2, 0.25) is 0 Å². The molecule has 0 spiro atoms. The molecule has 1 aliphatic heterocycles. The van der Waals surface area contributed by atoms with Crippen LogP contribution in [0.15, 0.2) is 46.2 Å². The molecule has 3 aromatic rings. The topological polar surface area (TPSA) is 135 Å². The highest BCUT2D eigenvalue weighted by atomic mass is 16.5. The van der Waals surface area contributed by atoms with E-state index in [1.807, 2.05) is 0 Å². The van der Waals surface area contributed by atoms with E-state index in [0.29, 0.717) is 12.2 Å². The maximum Gasteiger partial charge on any atom is 0.330 e. The zero-order chi connectivity index (χ0) is 24.8. The number of hydrogen-bond donors (Lipinski definition) is 3. The lowest BCUT2D eigenvalue weighted by Gasteiger charge is -2.14. The standard InChI is InChI=1S/C25H33N5O5/c1-2-3-4-5-6-7-17-8-10-18(11-9-17)13-29-15-20(27-28-29)19-14-30(25(34)26-24(19)33)23-12-21(32)22(16-31)35-23/h8-11,14-15,21-23,31-32H,2-7,12-13,16H2,1H3,(H,26,33,34)/t21?,22-,23-/m0/s1. The zero-order valence-electron chi connectivity index (χ0n) is 20.0. The fourth-order valence-corrected chi connectivity index (χ4v) is 4.36. The third kappa shape index (κ3) is 6.14. The summed E-state index contributed by atoms with van der Waals surface area (Å²) in [6.07, 6.45) is 8.05. The summed E-state index contributed by atoms with van der Waals surface area (Å²) in [6.45, 7) is 2.35. The summed E-state index contributed by atoms with van der Waals surface area (Å²) < 4.78 is 8.40. The first-order valence-corrected chi connectivity index (χ1v) is 12.3. The van der Waals surface area contributed by atoms with Gasteiger partial charge in [-0.2, -0.15) is 0 Å². The van der Waals surface area contributed by atoms with Crippen molar-refractivity contribution in [3.05, 3.63) is 68.6 Å². The van der Waals surface area contributed by atoms with E-state index in [9.17, 15) is 19.8 Å². The van der Waals surface area contributed by atoms with Gasteiger partial charge in [-0.25, -0.2) is 9.48 Å². The Kier molecular flexibility index (Phi) is 8.27. The van der Waals surface area contributed by atoms with Gasteiger partial charge in [0, 0.05) is 12.6 Å². The van der Waals surface area contributed by atoms with Crippen LogP contribution in [0.2, 0.25) is 0 Å². The normalized spacial score (nSPS) is 19.9. The minimum absolute atomic E-state index is 0.123. The number of ether oxygens (including phenoxy) is 1. The van der Waals surface area contributed by atoms with Crippen molar-refractivity contribution in [3.63, 3.8) is 0 Å². The number of aliphatic hydroxyl groups is 2. The second kappa shape index (κ2) is 11.6. The number of aromatic nitrogens is 5. The van der Waals surface area contributed by atoms with Crippen LogP contribution in [-0.2, 0) is 17.7 Å². The van der Waals surface area contributed by atoms with Crippen molar-refractivity contribution in [2.75, 3.05) is 6.61 Å². The number of hydrogen-bond acceptors (Lipinski definition) is 7. The van der Waals surface area contributed by atoms with Crippen molar-refractivity contribution in [1.82, 2.24) is 24.5 Å². The van der Waals surface area contributed by atoms with Crippen LogP contribution in [-0.4, -0.2) is 53.6 Å². The Labute approximate surface area is 203 Å². The fraction of sp³-hybridized carbons (Fsp3) is 0.520. The molecule has 3 N–H and O–H groups in total. The molecule has 3 heterocycles. The van der Waals surface area contributed by atoms with E-state index >= 15 is 0 Å². The molecule has 10 heteroatoms. The number of benzene rings is 1. The Balaban J connectivity index is 1.43. The number of H-pyrrole nitrogens is 1. The SMILES string of the molecule is CCCCCCCc1ccc(Cn2cc(-c3cn([C@@H]4CC(O)[C@H](CO)O4)c(=O)[nH]c3=O)nn2)cc1. The largest absolute Gasteiger partial charge is 0.394 e. The summed E-state index contributed by atoms with van der Waals surface area (Å²) in [5, 5.41) is 27.5. The summed E-state index contributed by atoms with van der Waals surface area (Å²) in [7, 11) is 0. The van der Waals surface area contributed by atoms with E-state index in [0.717, 1.165) is 12.0 Å². The number of aryl methyl sites for hydroxylation is 1. The number of aromatic amines is 1. The van der Waals surface area contributed by atoms with Gasteiger partial charge < -0.3 is 14.9 Å². The van der Waals surface area contributed by atoms with Gasteiger partial charge in [-0.1, -0.05) is 62.1 Å². The van der Waals surface area contributed by atoms with E-state index in [4.69, 9.17) is 4.74 Å². The molecule has 3 atom stereocenters. The Hall–Kier alpha value is -3.08. The molecule has 0 aliphatic carbocycles. The molecule has 0 radical (unpaired) electrons. The van der Waals surface area contributed by atoms with Gasteiger partial charge in [-0.15, -0.1) is 5.10 Å². The fourth-order valence-electron chi connectivity index (χ4n) is 4.36. The summed E-state index contributed by atoms with van der Waals surface area (Å²) in [4.78, 5) is 27.1. The smallest absolute Gasteiger partial charge is 0.330 e. The second-order valence-corrected chi connectivity index (χ2v) is 9.11. The van der Waals surface area contributed by atoms with Gasteiger partial charge in [0.25, 0.3) is 5.56 Å². The highest BCUT2D eigenvalue weighted by Crippen LogP contribution is 2.27. The van der Waals surface area contributed by atoms with Crippen LogP contribution < -0.4 is 11.2 Å². The van der Waals surface area contributed by atoms with Crippen LogP contribution in [0.1, 0.15) is 62.8 Å². The van der Waals surface area contributed by atoms with Crippen LogP contribution in [0.3, 0.4) is 0 Å². The van der Waals surface area contributed by atoms with E-state index in [1.54, 1.807) is 10.9 Å². The van der Waals surface area contributed by atoms with Crippen molar-refractivity contribution in [3.8, 4) is 11.3 Å². The van der Waals surface area contributed by atoms with Gasteiger partial charge in [0.15, 0.2) is 0 Å². The Morgan fingerprint density at radius 3 is 2.54 bits per heavy atom. The van der Waals surface area contributed by atoms with Gasteiger partial charge in [0.1, 0.15) is 18.0 Å². The molecule has 1 saturated heterocycles. The van der Waals surface area contributed by atoms with Crippen LogP contribution >= 0.6 is 0 Å². The van der Waals surface area contributed by atoms with Gasteiger partial charge in [0.05, 0.1) is 31.0 Å². The van der Waals surface area contributed by atoms with E-state index in [-0.39, 0.29) is 18.6 Å². The molecule has 2 aromatic heterocycles. The minimum Gasteiger partial charge on any atom is -0.394 e. The molecule has 1 unspecified atom stereocenters. The molecule has 10 nitrogen and oxygen atoms in total. The molecular formula is C25H33N5O5. The van der Waals surface area contributed by atoms with Gasteiger partial charge >= 0.3 is 5.69 Å². The number of unbranched alkanes of at least 4 members (excludes halogenated alkanes) is 4. The van der Waals surface area contributed by atoms with Crippen molar-refractivity contribution in [2.24, 2.45) is 0 Å². The molecular weight excluding hydrogens is 450 g/mol. The third-order valence-corrected chi connectivity index (χ3v) is 6.41.